The van der Waals surface area contributed by atoms with Gasteiger partial charge in [0.2, 0.25) is 5.13 Å². The van der Waals surface area contributed by atoms with Crippen molar-refractivity contribution >= 4 is 51.3 Å². The fraction of sp³-hybridized carbons (Fsp3) is 0.138. The summed E-state index contributed by atoms with van der Waals surface area (Å²) in [5.74, 6) is -2.23. The Bertz CT molecular complexity index is 1860. The molecule has 6 rings (SSSR count). The minimum Gasteiger partial charge on any atom is -0.508 e. The number of rotatable bonds is 6. The molecule has 9 nitrogen and oxygen atoms in total. The number of thioether (sulfide) groups is 1. The summed E-state index contributed by atoms with van der Waals surface area (Å²) >= 11 is 2.33. The van der Waals surface area contributed by atoms with Gasteiger partial charge in [-0.3, -0.25) is 14.5 Å². The van der Waals surface area contributed by atoms with E-state index in [4.69, 9.17) is 0 Å². The maximum atomic E-state index is 14.1. The van der Waals surface area contributed by atoms with E-state index in [9.17, 15) is 24.2 Å². The lowest BCUT2D eigenvalue weighted by molar-refractivity contribution is -0.132. The Morgan fingerprint density at radius 2 is 1.80 bits per heavy atom. The molecule has 1 unspecified atom stereocenters. The molecule has 5 aromatic rings. The van der Waals surface area contributed by atoms with Crippen LogP contribution in [0.4, 0.5) is 9.52 Å². The molecule has 0 bridgehead atoms. The number of aryl methyl sites for hydroxylation is 2. The molecular formula is C29H22FN5O4S2. The Labute approximate surface area is 241 Å². The zero-order valence-electron chi connectivity index (χ0n) is 21.8. The third-order valence-electron chi connectivity index (χ3n) is 6.87. The van der Waals surface area contributed by atoms with E-state index in [1.807, 2.05) is 19.1 Å². The number of aromatic hydroxyl groups is 1. The maximum Gasteiger partial charge on any atom is 0.301 e. The first-order chi connectivity index (χ1) is 19.7. The highest BCUT2D eigenvalue weighted by atomic mass is 32.2. The molecule has 1 amide bonds. The molecule has 0 radical (unpaired) electrons. The van der Waals surface area contributed by atoms with E-state index in [1.54, 1.807) is 47.9 Å². The number of carbonyl (C=O) groups is 2. The number of aliphatic hydroxyl groups excluding tert-OH is 1. The molecular weight excluding hydrogens is 565 g/mol. The van der Waals surface area contributed by atoms with Crippen LogP contribution in [-0.4, -0.2) is 41.5 Å². The zero-order chi connectivity index (χ0) is 28.8. The number of benzene rings is 2. The van der Waals surface area contributed by atoms with Crippen LogP contribution in [-0.2, 0) is 15.3 Å². The fourth-order valence-electron chi connectivity index (χ4n) is 4.79. The summed E-state index contributed by atoms with van der Waals surface area (Å²) in [6, 6.07) is 15.1. The Kier molecular flexibility index (Phi) is 6.80. The highest BCUT2D eigenvalue weighted by Crippen LogP contribution is 2.44. The SMILES string of the molecule is Cc1cccn2c(C)c(C(O)=C3C(=O)C(=O)N(c4nnc(SCc5ccccc5F)s4)C3c3ccc(O)cc3)nc12. The quantitative estimate of drug-likeness (QED) is 0.0870. The number of hydrogen-bond acceptors (Lipinski definition) is 9. The van der Waals surface area contributed by atoms with E-state index in [0.717, 1.165) is 16.9 Å². The minimum absolute atomic E-state index is 0.000109. The second-order valence-electron chi connectivity index (χ2n) is 9.42. The summed E-state index contributed by atoms with van der Waals surface area (Å²) < 4.78 is 16.4. The average Bonchev–Trinajstić information content (AvgIpc) is 3.64. The van der Waals surface area contributed by atoms with Crippen molar-refractivity contribution in [3.63, 3.8) is 0 Å². The van der Waals surface area contributed by atoms with E-state index < -0.39 is 23.5 Å². The number of Topliss-reactive ketones (excluding diaryl/α,β-unsaturated/α-hetero) is 1. The van der Waals surface area contributed by atoms with E-state index in [1.165, 1.54) is 34.9 Å². The van der Waals surface area contributed by atoms with Crippen molar-refractivity contribution in [1.82, 2.24) is 19.6 Å². The first-order valence-corrected chi connectivity index (χ1v) is 14.3. The van der Waals surface area contributed by atoms with Gasteiger partial charge in [-0.2, -0.15) is 0 Å². The largest absolute Gasteiger partial charge is 0.508 e. The number of anilines is 1. The first kappa shape index (κ1) is 26.7. The smallest absolute Gasteiger partial charge is 0.301 e. The summed E-state index contributed by atoms with van der Waals surface area (Å²) in [4.78, 5) is 32.8. The molecule has 12 heteroatoms. The molecule has 1 aliphatic heterocycles. The van der Waals surface area contributed by atoms with Crippen LogP contribution in [0.15, 0.2) is 76.8 Å². The molecule has 1 atom stereocenters. The maximum absolute atomic E-state index is 14.1. The van der Waals surface area contributed by atoms with Gasteiger partial charge in [0.25, 0.3) is 5.78 Å². The number of imidazole rings is 1. The third kappa shape index (κ3) is 4.64. The van der Waals surface area contributed by atoms with Gasteiger partial charge in [0.1, 0.15) is 22.9 Å². The average molecular weight is 588 g/mol. The molecule has 1 aliphatic rings. The van der Waals surface area contributed by atoms with Crippen LogP contribution in [0.1, 0.15) is 34.1 Å². The summed E-state index contributed by atoms with van der Waals surface area (Å²) in [5, 5.41) is 29.9. The number of phenolic OH excluding ortho intramolecular Hbond substituents is 1. The van der Waals surface area contributed by atoms with Crippen LogP contribution in [0.2, 0.25) is 0 Å². The molecule has 4 heterocycles. The number of ketones is 1. The highest BCUT2D eigenvalue weighted by molar-refractivity contribution is 8.00. The standard InChI is InChI=1S/C29H22FN5O4S2/c1-15-6-5-13-34-16(2)22(31-26(15)34)24(37)21-23(17-9-11-19(36)12-10-17)35(27(39)25(21)38)28-32-33-29(41-28)40-14-18-7-3-4-8-20(18)30/h3-13,23,36-37H,14H2,1-2H3. The number of aromatic nitrogens is 4. The molecule has 0 saturated carbocycles. The number of halogens is 1. The Morgan fingerprint density at radius 3 is 2.54 bits per heavy atom. The van der Waals surface area contributed by atoms with Crippen molar-refractivity contribution in [2.75, 3.05) is 4.90 Å². The van der Waals surface area contributed by atoms with Gasteiger partial charge in [0.15, 0.2) is 10.1 Å². The summed E-state index contributed by atoms with van der Waals surface area (Å²) in [6.45, 7) is 3.65. The van der Waals surface area contributed by atoms with Crippen molar-refractivity contribution in [3.8, 4) is 5.75 Å². The minimum atomic E-state index is -1.06. The fourth-order valence-corrected chi connectivity index (χ4v) is 6.64. The molecule has 1 saturated heterocycles. The molecule has 0 spiro atoms. The van der Waals surface area contributed by atoms with Crippen LogP contribution in [0.3, 0.4) is 0 Å². The number of hydrogen-bond donors (Lipinski definition) is 2. The van der Waals surface area contributed by atoms with Crippen molar-refractivity contribution < 1.29 is 24.2 Å². The third-order valence-corrected chi connectivity index (χ3v) is 8.98. The monoisotopic (exact) mass is 587 g/mol. The summed E-state index contributed by atoms with van der Waals surface area (Å²) in [7, 11) is 0. The van der Waals surface area contributed by atoms with Gasteiger partial charge in [-0.1, -0.05) is 59.5 Å². The number of carbonyl (C=O) groups excluding carboxylic acids is 2. The molecule has 3 aromatic heterocycles. The van der Waals surface area contributed by atoms with E-state index >= 15 is 0 Å². The molecule has 0 aliphatic carbocycles. The van der Waals surface area contributed by atoms with Crippen LogP contribution in [0.5, 0.6) is 5.75 Å². The number of amides is 1. The molecule has 206 valence electrons. The Morgan fingerprint density at radius 1 is 1.05 bits per heavy atom. The number of nitrogens with zero attached hydrogens (tertiary/aromatic N) is 5. The lowest BCUT2D eigenvalue weighted by Gasteiger charge is -2.22. The lowest BCUT2D eigenvalue weighted by atomic mass is 9.96. The van der Waals surface area contributed by atoms with Crippen LogP contribution in [0.25, 0.3) is 11.4 Å². The first-order valence-electron chi connectivity index (χ1n) is 12.5. The van der Waals surface area contributed by atoms with Crippen LogP contribution < -0.4 is 4.90 Å². The van der Waals surface area contributed by atoms with E-state index in [0.29, 0.717) is 32.6 Å². The van der Waals surface area contributed by atoms with Crippen molar-refractivity contribution in [1.29, 1.82) is 0 Å². The summed E-state index contributed by atoms with van der Waals surface area (Å²) in [6.07, 6.45) is 1.80. The number of aliphatic hydroxyl groups is 1. The van der Waals surface area contributed by atoms with Gasteiger partial charge in [-0.25, -0.2) is 9.37 Å². The predicted octanol–water partition coefficient (Wildman–Crippen LogP) is 5.57. The van der Waals surface area contributed by atoms with Gasteiger partial charge in [0, 0.05) is 11.9 Å². The summed E-state index contributed by atoms with van der Waals surface area (Å²) in [5.41, 5.74) is 3.08. The normalized spacial score (nSPS) is 16.7. The molecule has 2 N–H and O–H groups in total. The topological polar surface area (TPSA) is 121 Å². The number of phenols is 1. The Hall–Kier alpha value is -4.55. The van der Waals surface area contributed by atoms with Crippen molar-refractivity contribution in [2.45, 2.75) is 30.0 Å². The van der Waals surface area contributed by atoms with Gasteiger partial charge in [-0.05, 0) is 54.8 Å². The Balaban J connectivity index is 1.44. The zero-order valence-corrected chi connectivity index (χ0v) is 23.4. The number of pyridine rings is 1. The van der Waals surface area contributed by atoms with Crippen molar-refractivity contribution in [2.24, 2.45) is 0 Å². The second kappa shape index (κ2) is 10.5. The van der Waals surface area contributed by atoms with Gasteiger partial charge in [-0.15, -0.1) is 10.2 Å². The van der Waals surface area contributed by atoms with Crippen LogP contribution in [0, 0.1) is 19.7 Å². The van der Waals surface area contributed by atoms with Gasteiger partial charge < -0.3 is 14.6 Å². The molecule has 1 fully saturated rings. The van der Waals surface area contributed by atoms with E-state index in [2.05, 4.69) is 15.2 Å². The molecule has 41 heavy (non-hydrogen) atoms. The van der Waals surface area contributed by atoms with Gasteiger partial charge in [0.05, 0.1) is 17.3 Å². The van der Waals surface area contributed by atoms with Crippen molar-refractivity contribution in [3.05, 3.63) is 106 Å². The van der Waals surface area contributed by atoms with Crippen LogP contribution >= 0.6 is 23.1 Å². The second-order valence-corrected chi connectivity index (χ2v) is 11.6. The lowest BCUT2D eigenvalue weighted by Crippen LogP contribution is -2.29. The number of fused-ring (bicyclic) bond motifs is 1. The van der Waals surface area contributed by atoms with Gasteiger partial charge >= 0.3 is 5.91 Å². The van der Waals surface area contributed by atoms with E-state index in [-0.39, 0.29) is 28.0 Å². The molecule has 2 aromatic carbocycles. The highest BCUT2D eigenvalue weighted by Gasteiger charge is 2.48. The predicted molar refractivity (Wildman–Crippen MR) is 153 cm³/mol.